The molecule has 1 fully saturated rings. The van der Waals surface area contributed by atoms with Gasteiger partial charge >= 0.3 is 5.97 Å². The zero-order chi connectivity index (χ0) is 13.6. The van der Waals surface area contributed by atoms with Crippen molar-refractivity contribution in [2.75, 3.05) is 23.5 Å². The monoisotopic (exact) mass is 281 g/mol. The van der Waals surface area contributed by atoms with Crippen molar-refractivity contribution in [3.63, 3.8) is 0 Å². The largest absolute Gasteiger partial charge is 0.481 e. The molecule has 1 saturated heterocycles. The Balaban J connectivity index is 2.16. The summed E-state index contributed by atoms with van der Waals surface area (Å²) in [5.41, 5.74) is 1.10. The van der Waals surface area contributed by atoms with E-state index in [0.717, 1.165) is 17.9 Å². The van der Waals surface area contributed by atoms with Crippen LogP contribution < -0.4 is 4.90 Å². The van der Waals surface area contributed by atoms with E-state index in [1.165, 1.54) is 6.07 Å². The fourth-order valence-electron chi connectivity index (χ4n) is 3.42. The summed E-state index contributed by atoms with van der Waals surface area (Å²) in [5, 5.41) is 9.55. The third-order valence-electron chi connectivity index (χ3n) is 4.26. The number of carbonyl (C=O) groups is 1. The number of aliphatic carboxylic acids is 1. The summed E-state index contributed by atoms with van der Waals surface area (Å²) in [5.74, 6) is 0.180. The van der Waals surface area contributed by atoms with Crippen LogP contribution in [0.2, 0.25) is 0 Å². The van der Waals surface area contributed by atoms with Crippen LogP contribution in [0.25, 0.3) is 0 Å². The van der Waals surface area contributed by atoms with Gasteiger partial charge in [-0.3, -0.25) is 4.79 Å². The lowest BCUT2D eigenvalue weighted by Crippen LogP contribution is -2.50. The molecule has 3 rings (SSSR count). The van der Waals surface area contributed by atoms with E-state index >= 15 is 0 Å². The minimum atomic E-state index is -0.836. The maximum absolute atomic E-state index is 14.1. The average Bonchev–Trinajstić information content (AvgIpc) is 2.38. The summed E-state index contributed by atoms with van der Waals surface area (Å²) in [7, 11) is 1.88. The zero-order valence-corrected chi connectivity index (χ0v) is 11.5. The first-order valence-corrected chi connectivity index (χ1v) is 7.58. The molecule has 1 aromatic carbocycles. The van der Waals surface area contributed by atoms with Gasteiger partial charge < -0.3 is 10.0 Å². The van der Waals surface area contributed by atoms with Crippen LogP contribution in [-0.4, -0.2) is 35.7 Å². The molecule has 3 unspecified atom stereocenters. The predicted molar refractivity (Wildman–Crippen MR) is 74.4 cm³/mol. The smallest absolute Gasteiger partial charge is 0.311 e. The van der Waals surface area contributed by atoms with Crippen LogP contribution in [0.3, 0.4) is 0 Å². The quantitative estimate of drug-likeness (QED) is 0.859. The molecule has 0 saturated carbocycles. The van der Waals surface area contributed by atoms with Crippen molar-refractivity contribution in [3.8, 4) is 0 Å². The molecule has 0 amide bonds. The topological polar surface area (TPSA) is 40.5 Å². The van der Waals surface area contributed by atoms with Crippen molar-refractivity contribution >= 4 is 23.4 Å². The van der Waals surface area contributed by atoms with Crippen molar-refractivity contribution < 1.29 is 14.3 Å². The van der Waals surface area contributed by atoms with Gasteiger partial charge in [-0.15, -0.1) is 0 Å². The Hall–Kier alpha value is -1.23. The molecule has 2 heterocycles. The number of halogens is 1. The number of para-hydroxylation sites is 1. The number of nitrogens with zero attached hydrogens (tertiary/aromatic N) is 1. The summed E-state index contributed by atoms with van der Waals surface area (Å²) in [6.07, 6.45) is 0.920. The summed E-state index contributed by atoms with van der Waals surface area (Å²) < 4.78 is 14.1. The first-order chi connectivity index (χ1) is 9.11. The molecule has 102 valence electrons. The molecule has 0 bridgehead atoms. The Morgan fingerprint density at radius 1 is 1.53 bits per heavy atom. The van der Waals surface area contributed by atoms with E-state index in [-0.39, 0.29) is 17.8 Å². The first kappa shape index (κ1) is 12.8. The fraction of sp³-hybridized carbons (Fsp3) is 0.500. The molecule has 1 aromatic rings. The van der Waals surface area contributed by atoms with Crippen LogP contribution in [0.5, 0.6) is 0 Å². The minimum absolute atomic E-state index is 0.0653. The van der Waals surface area contributed by atoms with E-state index in [9.17, 15) is 14.3 Å². The minimum Gasteiger partial charge on any atom is -0.481 e. The lowest BCUT2D eigenvalue weighted by Gasteiger charge is -2.46. The maximum atomic E-state index is 14.1. The van der Waals surface area contributed by atoms with E-state index < -0.39 is 11.9 Å². The van der Waals surface area contributed by atoms with Gasteiger partial charge in [0.1, 0.15) is 5.82 Å². The van der Waals surface area contributed by atoms with Gasteiger partial charge in [-0.25, -0.2) is 4.39 Å². The van der Waals surface area contributed by atoms with Crippen molar-refractivity contribution in [2.45, 2.75) is 18.4 Å². The molecule has 0 aromatic heterocycles. The Morgan fingerprint density at radius 2 is 2.32 bits per heavy atom. The Bertz CT molecular complexity index is 522. The number of hydrogen-bond donors (Lipinski definition) is 1. The number of carboxylic acid groups (broad SMARTS) is 1. The molecule has 2 aliphatic rings. The third-order valence-corrected chi connectivity index (χ3v) is 5.40. The van der Waals surface area contributed by atoms with Gasteiger partial charge in [0.15, 0.2) is 0 Å². The number of rotatable bonds is 1. The fourth-order valence-corrected chi connectivity index (χ4v) is 4.68. The normalized spacial score (nSPS) is 29.6. The van der Waals surface area contributed by atoms with Gasteiger partial charge in [0, 0.05) is 19.0 Å². The molecule has 2 aliphatic heterocycles. The standard InChI is InChI=1S/C14H16FNO2S/c1-16-11-5-6-19-7-9(11)12(14(17)18)8-3-2-4-10(15)13(8)16/h2-4,9,11-12H,5-7H2,1H3,(H,17,18). The van der Waals surface area contributed by atoms with Crippen LogP contribution in [0.1, 0.15) is 17.9 Å². The molecule has 0 radical (unpaired) electrons. The second-order valence-corrected chi connectivity index (χ2v) is 6.35. The molecule has 1 N–H and O–H groups in total. The summed E-state index contributed by atoms with van der Waals surface area (Å²) in [4.78, 5) is 13.6. The number of carboxylic acids is 1. The highest BCUT2D eigenvalue weighted by molar-refractivity contribution is 7.99. The highest BCUT2D eigenvalue weighted by Gasteiger charge is 2.45. The molecule has 3 nitrogen and oxygen atoms in total. The van der Waals surface area contributed by atoms with E-state index in [1.54, 1.807) is 23.9 Å². The molecule has 0 spiro atoms. The number of anilines is 1. The molecule has 0 aliphatic carbocycles. The first-order valence-electron chi connectivity index (χ1n) is 6.43. The molecule has 5 heteroatoms. The molecule has 3 atom stereocenters. The van der Waals surface area contributed by atoms with Crippen LogP contribution in [-0.2, 0) is 4.79 Å². The lowest BCUT2D eigenvalue weighted by atomic mass is 9.76. The van der Waals surface area contributed by atoms with E-state index in [2.05, 4.69) is 0 Å². The number of hydrogen-bond acceptors (Lipinski definition) is 3. The molecular formula is C14H16FNO2S. The van der Waals surface area contributed by atoms with Crippen molar-refractivity contribution in [3.05, 3.63) is 29.6 Å². The van der Waals surface area contributed by atoms with Crippen LogP contribution >= 0.6 is 11.8 Å². The zero-order valence-electron chi connectivity index (χ0n) is 10.7. The number of fused-ring (bicyclic) bond motifs is 2. The summed E-state index contributed by atoms with van der Waals surface area (Å²) in [6, 6.07) is 4.90. The number of thioether (sulfide) groups is 1. The van der Waals surface area contributed by atoms with Crippen molar-refractivity contribution in [2.24, 2.45) is 5.92 Å². The van der Waals surface area contributed by atoms with E-state index in [0.29, 0.717) is 11.3 Å². The van der Waals surface area contributed by atoms with Crippen molar-refractivity contribution in [1.29, 1.82) is 0 Å². The summed E-state index contributed by atoms with van der Waals surface area (Å²) >= 11 is 1.80. The van der Waals surface area contributed by atoms with Gasteiger partial charge in [-0.1, -0.05) is 12.1 Å². The second-order valence-electron chi connectivity index (χ2n) is 5.20. The molecule has 19 heavy (non-hydrogen) atoms. The van der Waals surface area contributed by atoms with Crippen LogP contribution in [0.15, 0.2) is 18.2 Å². The van der Waals surface area contributed by atoms with Gasteiger partial charge in [0.25, 0.3) is 0 Å². The summed E-state index contributed by atoms with van der Waals surface area (Å²) in [6.45, 7) is 0. The highest BCUT2D eigenvalue weighted by Crippen LogP contribution is 2.46. The van der Waals surface area contributed by atoms with E-state index in [4.69, 9.17) is 0 Å². The van der Waals surface area contributed by atoms with E-state index in [1.807, 2.05) is 11.9 Å². The average molecular weight is 281 g/mol. The maximum Gasteiger partial charge on any atom is 0.311 e. The second kappa shape index (κ2) is 4.71. The Kier molecular flexibility index (Phi) is 3.17. The SMILES string of the molecule is CN1c2c(F)cccc2C(C(=O)O)C2CSCCC21. The number of benzene rings is 1. The third kappa shape index (κ3) is 1.91. The Labute approximate surface area is 115 Å². The highest BCUT2D eigenvalue weighted by atomic mass is 32.2. The van der Waals surface area contributed by atoms with Gasteiger partial charge in [-0.05, 0) is 29.6 Å². The predicted octanol–water partition coefficient (Wildman–Crippen LogP) is 2.57. The van der Waals surface area contributed by atoms with Gasteiger partial charge in [-0.2, -0.15) is 11.8 Å². The lowest BCUT2D eigenvalue weighted by molar-refractivity contribution is -0.140. The Morgan fingerprint density at radius 3 is 3.05 bits per heavy atom. The molecular weight excluding hydrogens is 265 g/mol. The van der Waals surface area contributed by atoms with Crippen LogP contribution in [0, 0.1) is 11.7 Å². The van der Waals surface area contributed by atoms with Gasteiger partial charge in [0.05, 0.1) is 11.6 Å². The van der Waals surface area contributed by atoms with Crippen LogP contribution in [0.4, 0.5) is 10.1 Å². The van der Waals surface area contributed by atoms with Crippen molar-refractivity contribution in [1.82, 2.24) is 0 Å². The van der Waals surface area contributed by atoms with Gasteiger partial charge in [0.2, 0.25) is 0 Å².